The molecule has 7 N–H and O–H groups in total. The highest BCUT2D eigenvalue weighted by Gasteiger charge is 2.30. The molecule has 0 bridgehead atoms. The van der Waals surface area contributed by atoms with E-state index in [9.17, 15) is 48.3 Å². The van der Waals surface area contributed by atoms with E-state index in [2.05, 4.69) is 56.2 Å². The largest absolute Gasteiger partial charge is 0.480 e. The van der Waals surface area contributed by atoms with Gasteiger partial charge in [-0.1, -0.05) is 62.4 Å². The molecule has 0 radical (unpaired) electrons. The Bertz CT molecular complexity index is 2350. The molecule has 2 aromatic rings. The average Bonchev–Trinajstić information content (AvgIpc) is 3.80. The lowest BCUT2D eigenvalue weighted by molar-refractivity contribution is -0.156. The van der Waals surface area contributed by atoms with E-state index in [1.807, 2.05) is 24.3 Å². The summed E-state index contributed by atoms with van der Waals surface area (Å²) in [5.41, 5.74) is 3.03. The third-order valence-corrected chi connectivity index (χ3v) is 12.2. The van der Waals surface area contributed by atoms with Crippen LogP contribution in [0.3, 0.4) is 0 Å². The molecule has 0 aromatic heterocycles. The number of hydrogen-bond donors (Lipinski definition) is 7. The Morgan fingerprint density at radius 2 is 0.833 bits per heavy atom. The maximum atomic E-state index is 13.2. The Morgan fingerprint density at radius 3 is 1.20 bits per heavy atom. The van der Waals surface area contributed by atoms with Gasteiger partial charge in [0, 0.05) is 57.7 Å². The van der Waals surface area contributed by atoms with Crippen molar-refractivity contribution in [2.75, 3.05) is 106 Å². The predicted octanol–water partition coefficient (Wildman–Crippen LogP) is 3.47. The van der Waals surface area contributed by atoms with Crippen LogP contribution in [-0.4, -0.2) is 193 Å². The van der Waals surface area contributed by atoms with Crippen molar-refractivity contribution < 1.29 is 90.9 Å². The SMILES string of the molecule is CC(C)[C@H](NC(=O)CCOCCOCCNC(=O)[C@H](CCC(=O)OC(C)(C)C)NC(=O)CCOCCOCCNC(=O)[C@H](CCC(=O)OC(C)(C)C)NC(=O)CCOCCOCCNC(=O)OCC1c2ccccc2-c2ccccc21)C(=O)O. The molecule has 3 rings (SSSR count). The monoisotopic (exact) mass is 1190 g/mol. The number of carboxylic acid groups (broad SMARTS) is 1. The van der Waals surface area contributed by atoms with Gasteiger partial charge < -0.3 is 79.6 Å². The summed E-state index contributed by atoms with van der Waals surface area (Å²) in [5.74, 6) is -5.03. The third-order valence-electron chi connectivity index (χ3n) is 12.2. The van der Waals surface area contributed by atoms with Crippen LogP contribution in [0.25, 0.3) is 11.1 Å². The Hall–Kier alpha value is -6.77. The number of benzene rings is 2. The van der Waals surface area contributed by atoms with Crippen molar-refractivity contribution in [3.8, 4) is 11.1 Å². The molecule has 1 aliphatic rings. The highest BCUT2D eigenvalue weighted by atomic mass is 16.6. The zero-order valence-electron chi connectivity index (χ0n) is 50.1. The highest BCUT2D eigenvalue weighted by molar-refractivity contribution is 5.89. The van der Waals surface area contributed by atoms with Crippen LogP contribution in [0.5, 0.6) is 0 Å². The fourth-order valence-corrected chi connectivity index (χ4v) is 8.21. The van der Waals surface area contributed by atoms with Crippen molar-refractivity contribution in [1.29, 1.82) is 0 Å². The van der Waals surface area contributed by atoms with Gasteiger partial charge in [-0.05, 0) is 82.6 Å². The van der Waals surface area contributed by atoms with E-state index in [-0.39, 0.29) is 162 Å². The number of fused-ring (bicyclic) bond motifs is 3. The van der Waals surface area contributed by atoms with Gasteiger partial charge in [0.2, 0.25) is 29.5 Å². The van der Waals surface area contributed by atoms with Crippen molar-refractivity contribution in [2.24, 2.45) is 5.92 Å². The van der Waals surface area contributed by atoms with Crippen LogP contribution >= 0.6 is 0 Å². The standard InChI is InChI=1S/C59H90N6O19/c1-40(2)53(56(73)74)65-50(68)23-29-78-34-37-80-31-25-61-55(72)46(17-19-51(69)83-58(3,4)5)63-48(66)21-27-76-33-36-79-30-24-60-54(71)47(18-20-52(70)84-59(6,7)8)64-49(67)22-28-77-35-38-81-32-26-62-57(75)82-39-45-43-15-11-9-13-41(43)42-14-10-12-16-44(42)45/h9-16,40,45-47,53H,17-39H2,1-8H3,(H,60,71)(H,61,72)(H,62,75)(H,63,66)(H,64,67)(H,65,68)(H,73,74)/t46-,47-,53-/m0/s1. The second kappa shape index (κ2) is 39.0. The van der Waals surface area contributed by atoms with Crippen LogP contribution in [-0.2, 0) is 81.0 Å². The van der Waals surface area contributed by atoms with Gasteiger partial charge in [-0.2, -0.15) is 0 Å². The summed E-state index contributed by atoms with van der Waals surface area (Å²) in [5, 5.41) is 25.1. The number of carbonyl (C=O) groups is 9. The van der Waals surface area contributed by atoms with Crippen LogP contribution in [0.4, 0.5) is 4.79 Å². The molecule has 0 saturated heterocycles. The van der Waals surface area contributed by atoms with E-state index >= 15 is 0 Å². The number of aliphatic carboxylic acids is 1. The number of esters is 2. The zero-order chi connectivity index (χ0) is 61.9. The molecule has 0 saturated carbocycles. The first-order chi connectivity index (χ1) is 39.9. The van der Waals surface area contributed by atoms with Crippen LogP contribution in [0.1, 0.15) is 117 Å². The number of nitrogens with one attached hydrogen (secondary N) is 6. The molecule has 470 valence electrons. The maximum Gasteiger partial charge on any atom is 0.407 e. The fourth-order valence-electron chi connectivity index (χ4n) is 8.21. The summed E-state index contributed by atoms with van der Waals surface area (Å²) in [7, 11) is 0. The molecule has 0 fully saturated rings. The second-order valence-corrected chi connectivity index (χ2v) is 21.9. The summed E-state index contributed by atoms with van der Waals surface area (Å²) in [6.07, 6.45) is -1.10. The number of alkyl carbamates (subject to hydrolysis) is 1. The first-order valence-electron chi connectivity index (χ1n) is 28.6. The molecule has 25 nitrogen and oxygen atoms in total. The maximum absolute atomic E-state index is 13.2. The number of carbonyl (C=O) groups excluding carboxylic acids is 8. The second-order valence-electron chi connectivity index (χ2n) is 21.9. The molecule has 84 heavy (non-hydrogen) atoms. The lowest BCUT2D eigenvalue weighted by Crippen LogP contribution is -2.48. The van der Waals surface area contributed by atoms with Gasteiger partial charge in [0.1, 0.15) is 35.9 Å². The Morgan fingerprint density at radius 1 is 0.476 bits per heavy atom. The Kier molecular flexibility index (Phi) is 33.2. The summed E-state index contributed by atoms with van der Waals surface area (Å²) < 4.78 is 49.4. The van der Waals surface area contributed by atoms with Gasteiger partial charge in [-0.3, -0.25) is 33.6 Å². The van der Waals surface area contributed by atoms with E-state index in [4.69, 9.17) is 42.6 Å². The van der Waals surface area contributed by atoms with Crippen molar-refractivity contribution in [3.63, 3.8) is 0 Å². The molecule has 3 atom stereocenters. The van der Waals surface area contributed by atoms with Gasteiger partial charge in [-0.15, -0.1) is 0 Å². The van der Waals surface area contributed by atoms with Crippen LogP contribution in [0, 0.1) is 5.92 Å². The number of hydrogen-bond acceptors (Lipinski definition) is 18. The number of ether oxygens (including phenoxy) is 9. The lowest BCUT2D eigenvalue weighted by atomic mass is 9.98. The summed E-state index contributed by atoms with van der Waals surface area (Å²) >= 11 is 0. The van der Waals surface area contributed by atoms with Gasteiger partial charge >= 0.3 is 24.0 Å². The molecule has 1 aliphatic carbocycles. The minimum atomic E-state index is -1.12. The van der Waals surface area contributed by atoms with Gasteiger partial charge in [0.05, 0.1) is 79.3 Å². The minimum Gasteiger partial charge on any atom is -0.480 e. The quantitative estimate of drug-likeness (QED) is 0.0284. The average molecular weight is 1190 g/mol. The van der Waals surface area contributed by atoms with Crippen LogP contribution < -0.4 is 31.9 Å². The van der Waals surface area contributed by atoms with Gasteiger partial charge in [-0.25, -0.2) is 9.59 Å². The van der Waals surface area contributed by atoms with Gasteiger partial charge in [0.15, 0.2) is 0 Å². The van der Waals surface area contributed by atoms with E-state index in [0.717, 1.165) is 22.3 Å². The normalized spacial score (nSPS) is 13.1. The highest BCUT2D eigenvalue weighted by Crippen LogP contribution is 2.44. The molecule has 0 aliphatic heterocycles. The topological polar surface area (TPSA) is 329 Å². The van der Waals surface area contributed by atoms with Crippen molar-refractivity contribution >= 4 is 53.5 Å². The van der Waals surface area contributed by atoms with E-state index in [0.29, 0.717) is 0 Å². The molecule has 0 unspecified atom stereocenters. The zero-order valence-corrected chi connectivity index (χ0v) is 50.1. The van der Waals surface area contributed by atoms with Crippen LogP contribution in [0.2, 0.25) is 0 Å². The summed E-state index contributed by atoms with van der Waals surface area (Å²) in [4.78, 5) is 113. The van der Waals surface area contributed by atoms with Crippen molar-refractivity contribution in [3.05, 3.63) is 59.7 Å². The van der Waals surface area contributed by atoms with Crippen LogP contribution in [0.15, 0.2) is 48.5 Å². The Labute approximate surface area is 492 Å². The van der Waals surface area contributed by atoms with Crippen molar-refractivity contribution in [1.82, 2.24) is 31.9 Å². The first kappa shape index (κ1) is 71.5. The molecule has 0 heterocycles. The molecule has 25 heteroatoms. The lowest BCUT2D eigenvalue weighted by Gasteiger charge is -2.22. The predicted molar refractivity (Wildman–Crippen MR) is 306 cm³/mol. The first-order valence-corrected chi connectivity index (χ1v) is 28.6. The Balaban J connectivity index is 1.29. The molecular formula is C59H90N6O19. The molecule has 0 spiro atoms. The number of amides is 6. The van der Waals surface area contributed by atoms with E-state index in [1.165, 1.54) is 0 Å². The minimum absolute atomic E-state index is 0.0171. The summed E-state index contributed by atoms with van der Waals surface area (Å²) in [6.45, 7) is 15.6. The fraction of sp³-hybridized carbons (Fsp3) is 0.644. The molecular weight excluding hydrogens is 1100 g/mol. The smallest absolute Gasteiger partial charge is 0.407 e. The molecule has 6 amide bonds. The number of carboxylic acids is 1. The van der Waals surface area contributed by atoms with E-state index < -0.39 is 82.9 Å². The number of rotatable bonds is 42. The van der Waals surface area contributed by atoms with Gasteiger partial charge in [0.25, 0.3) is 0 Å². The summed E-state index contributed by atoms with van der Waals surface area (Å²) in [6, 6.07) is 13.0. The molecule has 2 aromatic carbocycles. The van der Waals surface area contributed by atoms with Crippen molar-refractivity contribution in [2.45, 2.75) is 136 Å². The third kappa shape index (κ3) is 30.7. The van der Waals surface area contributed by atoms with E-state index in [1.54, 1.807) is 55.4 Å².